The molecule has 0 radical (unpaired) electrons. The topological polar surface area (TPSA) is 111 Å². The summed E-state index contributed by atoms with van der Waals surface area (Å²) in [7, 11) is 3.30. The number of hydrogen-bond acceptors (Lipinski definition) is 5. The number of aromatic nitrogens is 2. The molecule has 134 valence electrons. The Morgan fingerprint density at radius 1 is 1.29 bits per heavy atom. The Morgan fingerprint density at radius 3 is 2.46 bits per heavy atom. The molecule has 9 nitrogen and oxygen atoms in total. The molecule has 0 amide bonds. The van der Waals surface area contributed by atoms with Gasteiger partial charge in [0.1, 0.15) is 24.7 Å². The average molecular weight is 339 g/mol. The first kappa shape index (κ1) is 19.6. The third kappa shape index (κ3) is 5.99. The Morgan fingerprint density at radius 2 is 1.96 bits per heavy atom. The normalized spacial score (nSPS) is 12.0. The number of likely N-dealkylation sites (N-methyl/N-ethyl adjacent to an activating group) is 1. The third-order valence-electron chi connectivity index (χ3n) is 3.60. The molecule has 0 saturated carbocycles. The van der Waals surface area contributed by atoms with Crippen LogP contribution in [0.15, 0.2) is 17.4 Å². The zero-order valence-corrected chi connectivity index (χ0v) is 14.5. The molecule has 0 aromatic carbocycles. The minimum absolute atomic E-state index is 0.133. The van der Waals surface area contributed by atoms with E-state index in [1.165, 1.54) is 0 Å². The molecule has 0 aliphatic heterocycles. The number of aliphatic imine (C=N–C) groups is 1. The van der Waals surface area contributed by atoms with E-state index in [1.807, 2.05) is 13.8 Å². The maximum absolute atomic E-state index is 10.9. The minimum Gasteiger partial charge on any atom is -0.480 e. The summed E-state index contributed by atoms with van der Waals surface area (Å²) in [5, 5.41) is 17.9. The van der Waals surface area contributed by atoms with Gasteiger partial charge in [-0.15, -0.1) is 0 Å². The summed E-state index contributed by atoms with van der Waals surface area (Å²) in [6, 6.07) is 0.148. The highest BCUT2D eigenvalue weighted by atomic mass is 16.4. The van der Waals surface area contributed by atoms with Crippen LogP contribution in [0.2, 0.25) is 0 Å². The van der Waals surface area contributed by atoms with Crippen molar-refractivity contribution in [3.05, 3.63) is 18.2 Å². The highest BCUT2D eigenvalue weighted by molar-refractivity contribution is 5.87. The lowest BCUT2D eigenvalue weighted by Gasteiger charge is -2.29. The van der Waals surface area contributed by atoms with Gasteiger partial charge in [0.15, 0.2) is 0 Å². The van der Waals surface area contributed by atoms with Gasteiger partial charge in [0.25, 0.3) is 0 Å². The molecule has 9 heteroatoms. The van der Waals surface area contributed by atoms with Crippen LogP contribution in [0.5, 0.6) is 0 Å². The fourth-order valence-corrected chi connectivity index (χ4v) is 2.22. The Hall–Kier alpha value is -2.42. The number of aliphatic carboxylic acids is 2. The molecule has 1 heterocycles. The average Bonchev–Trinajstić information content (AvgIpc) is 2.88. The SMILES string of the molecule is C/N=C(/CN(Cc1nccn1CC(=O)O)C(C)C)N(C)CC(=O)O. The fraction of sp³-hybridized carbons (Fsp3) is 0.600. The molecule has 0 spiro atoms. The first-order chi connectivity index (χ1) is 11.2. The van der Waals surface area contributed by atoms with E-state index >= 15 is 0 Å². The Balaban J connectivity index is 2.86. The van der Waals surface area contributed by atoms with Crippen LogP contribution in [0, 0.1) is 0 Å². The number of hydrogen-bond donors (Lipinski definition) is 2. The molecule has 24 heavy (non-hydrogen) atoms. The van der Waals surface area contributed by atoms with Crippen LogP contribution in [0.3, 0.4) is 0 Å². The van der Waals surface area contributed by atoms with Crippen molar-refractivity contribution in [3.8, 4) is 0 Å². The van der Waals surface area contributed by atoms with Crippen molar-refractivity contribution in [2.45, 2.75) is 33.0 Å². The van der Waals surface area contributed by atoms with E-state index in [9.17, 15) is 9.59 Å². The number of imidazole rings is 1. The van der Waals surface area contributed by atoms with Crippen LogP contribution in [-0.2, 0) is 22.7 Å². The summed E-state index contributed by atoms with van der Waals surface area (Å²) >= 11 is 0. The van der Waals surface area contributed by atoms with Gasteiger partial charge in [-0.2, -0.15) is 0 Å². The van der Waals surface area contributed by atoms with Gasteiger partial charge >= 0.3 is 11.9 Å². The first-order valence-electron chi connectivity index (χ1n) is 7.59. The lowest BCUT2D eigenvalue weighted by molar-refractivity contribution is -0.138. The van der Waals surface area contributed by atoms with Crippen molar-refractivity contribution < 1.29 is 19.8 Å². The summed E-state index contributed by atoms with van der Waals surface area (Å²) in [6.07, 6.45) is 3.20. The minimum atomic E-state index is -0.928. The van der Waals surface area contributed by atoms with E-state index < -0.39 is 11.9 Å². The second-order valence-electron chi connectivity index (χ2n) is 5.75. The summed E-state index contributed by atoms with van der Waals surface area (Å²) in [6.45, 7) is 4.63. The largest absolute Gasteiger partial charge is 0.480 e. The van der Waals surface area contributed by atoms with E-state index in [-0.39, 0.29) is 19.1 Å². The molecular weight excluding hydrogens is 314 g/mol. The Bertz CT molecular complexity index is 596. The van der Waals surface area contributed by atoms with Gasteiger partial charge in [0, 0.05) is 32.5 Å². The molecule has 1 rings (SSSR count). The first-order valence-corrected chi connectivity index (χ1v) is 7.59. The van der Waals surface area contributed by atoms with Gasteiger partial charge in [0.05, 0.1) is 13.1 Å². The monoisotopic (exact) mass is 339 g/mol. The molecule has 0 saturated heterocycles. The van der Waals surface area contributed by atoms with Crippen molar-refractivity contribution in [1.82, 2.24) is 19.4 Å². The van der Waals surface area contributed by atoms with Crippen molar-refractivity contribution in [2.75, 3.05) is 27.2 Å². The van der Waals surface area contributed by atoms with Gasteiger partial charge in [-0.3, -0.25) is 19.5 Å². The zero-order chi connectivity index (χ0) is 18.3. The van der Waals surface area contributed by atoms with Gasteiger partial charge < -0.3 is 19.7 Å². The van der Waals surface area contributed by atoms with E-state index in [2.05, 4.69) is 14.9 Å². The Kier molecular flexibility index (Phi) is 7.37. The smallest absolute Gasteiger partial charge is 0.323 e. The maximum Gasteiger partial charge on any atom is 0.323 e. The number of rotatable bonds is 9. The number of carboxylic acid groups (broad SMARTS) is 2. The van der Waals surface area contributed by atoms with E-state index in [0.29, 0.717) is 24.7 Å². The van der Waals surface area contributed by atoms with Crippen LogP contribution < -0.4 is 0 Å². The Labute approximate surface area is 141 Å². The van der Waals surface area contributed by atoms with Crippen LogP contribution in [0.1, 0.15) is 19.7 Å². The van der Waals surface area contributed by atoms with Crippen LogP contribution in [0.25, 0.3) is 0 Å². The summed E-state index contributed by atoms with van der Waals surface area (Å²) in [4.78, 5) is 33.8. The standard InChI is InChI=1S/C15H25N5O4/c1-11(2)20(7-12(16-3)18(4)9-14(21)22)8-13-17-5-6-19(13)10-15(23)24/h5-6,11H,7-10H2,1-4H3,(H,21,22)(H,23,24)/b16-12-. The lowest BCUT2D eigenvalue weighted by atomic mass is 10.3. The van der Waals surface area contributed by atoms with Crippen molar-refractivity contribution >= 4 is 17.8 Å². The number of nitrogens with zero attached hydrogens (tertiary/aromatic N) is 5. The van der Waals surface area contributed by atoms with Crippen molar-refractivity contribution in [1.29, 1.82) is 0 Å². The van der Waals surface area contributed by atoms with Gasteiger partial charge in [-0.05, 0) is 13.8 Å². The van der Waals surface area contributed by atoms with Gasteiger partial charge in [-0.25, -0.2) is 4.98 Å². The number of amidine groups is 1. The molecular formula is C15H25N5O4. The lowest BCUT2D eigenvalue weighted by Crippen LogP contribution is -2.43. The second kappa shape index (κ2) is 9.02. The van der Waals surface area contributed by atoms with E-state index in [4.69, 9.17) is 10.2 Å². The number of carboxylic acids is 2. The molecule has 0 atom stereocenters. The number of carbonyl (C=O) groups is 2. The van der Waals surface area contributed by atoms with Crippen molar-refractivity contribution in [2.24, 2.45) is 4.99 Å². The summed E-state index contributed by atoms with van der Waals surface area (Å²) < 4.78 is 1.58. The molecule has 0 bridgehead atoms. The molecule has 0 aliphatic carbocycles. The van der Waals surface area contributed by atoms with Crippen molar-refractivity contribution in [3.63, 3.8) is 0 Å². The highest BCUT2D eigenvalue weighted by Crippen LogP contribution is 2.08. The van der Waals surface area contributed by atoms with E-state index in [1.54, 1.807) is 36.0 Å². The molecule has 1 aromatic heterocycles. The molecule has 2 N–H and O–H groups in total. The van der Waals surface area contributed by atoms with Crippen LogP contribution >= 0.6 is 0 Å². The third-order valence-corrected chi connectivity index (χ3v) is 3.60. The summed E-state index contributed by atoms with van der Waals surface area (Å²) in [5.41, 5.74) is 0. The molecule has 0 aliphatic rings. The molecule has 1 aromatic rings. The maximum atomic E-state index is 10.9. The molecule has 0 fully saturated rings. The predicted molar refractivity (Wildman–Crippen MR) is 89.0 cm³/mol. The zero-order valence-electron chi connectivity index (χ0n) is 14.5. The van der Waals surface area contributed by atoms with Gasteiger partial charge in [-0.1, -0.05) is 0 Å². The quantitative estimate of drug-likeness (QED) is 0.489. The van der Waals surface area contributed by atoms with Crippen LogP contribution in [0.4, 0.5) is 0 Å². The second-order valence-corrected chi connectivity index (χ2v) is 5.75. The van der Waals surface area contributed by atoms with Gasteiger partial charge in [0.2, 0.25) is 0 Å². The van der Waals surface area contributed by atoms with Crippen LogP contribution in [-0.4, -0.2) is 80.6 Å². The summed E-state index contributed by atoms with van der Waals surface area (Å²) in [5.74, 6) is -0.570. The molecule has 0 unspecified atom stereocenters. The predicted octanol–water partition coefficient (Wildman–Crippen LogP) is 0.223. The highest BCUT2D eigenvalue weighted by Gasteiger charge is 2.19. The fourth-order valence-electron chi connectivity index (χ4n) is 2.22. The van der Waals surface area contributed by atoms with E-state index in [0.717, 1.165) is 0 Å².